The van der Waals surface area contributed by atoms with Crippen LogP contribution in [0.25, 0.3) is 11.1 Å². The maximum Gasteiger partial charge on any atom is 0.247 e. The van der Waals surface area contributed by atoms with Crippen molar-refractivity contribution in [3.8, 4) is 16.9 Å². The lowest BCUT2D eigenvalue weighted by Gasteiger charge is -2.43. The molecule has 8 nitrogen and oxygen atoms in total. The summed E-state index contributed by atoms with van der Waals surface area (Å²) in [7, 11) is -4.34. The third-order valence-corrected chi connectivity index (χ3v) is 10.7. The van der Waals surface area contributed by atoms with E-state index in [2.05, 4.69) is 10.2 Å². The molecule has 44 heavy (non-hydrogen) atoms. The summed E-state index contributed by atoms with van der Waals surface area (Å²) < 4.78 is 90.1. The highest BCUT2D eigenvalue weighted by Gasteiger charge is 2.47. The number of amides is 1. The van der Waals surface area contributed by atoms with Crippen LogP contribution in [0.4, 0.5) is 17.6 Å². The Balaban J connectivity index is 1.30. The fourth-order valence-corrected chi connectivity index (χ4v) is 8.06. The van der Waals surface area contributed by atoms with Crippen molar-refractivity contribution >= 4 is 15.9 Å². The van der Waals surface area contributed by atoms with Crippen molar-refractivity contribution in [1.29, 1.82) is 0 Å². The molecule has 2 N–H and O–H groups in total. The first-order valence-electron chi connectivity index (χ1n) is 14.3. The molecule has 1 spiro atoms. The average Bonchev–Trinajstić information content (AvgIpc) is 3.38. The van der Waals surface area contributed by atoms with Crippen molar-refractivity contribution in [2.75, 3.05) is 26.2 Å². The average molecular weight is 634 g/mol. The number of nitrogens with zero attached hydrogens (tertiary/aromatic N) is 2. The minimum absolute atomic E-state index is 0.0224. The fourth-order valence-electron chi connectivity index (χ4n) is 6.31. The summed E-state index contributed by atoms with van der Waals surface area (Å²) in [5.41, 5.74) is 0.176. The number of nitrogens with one attached hydrogen (secondary N) is 1. The van der Waals surface area contributed by atoms with Crippen LogP contribution >= 0.6 is 0 Å². The van der Waals surface area contributed by atoms with Gasteiger partial charge >= 0.3 is 0 Å². The van der Waals surface area contributed by atoms with E-state index in [1.807, 2.05) is 0 Å². The van der Waals surface area contributed by atoms with Gasteiger partial charge in [0, 0.05) is 56.2 Å². The first-order chi connectivity index (χ1) is 20.9. The van der Waals surface area contributed by atoms with E-state index >= 15 is 0 Å². The molecule has 0 unspecified atom stereocenters. The van der Waals surface area contributed by atoms with E-state index in [4.69, 9.17) is 4.74 Å². The van der Waals surface area contributed by atoms with Crippen molar-refractivity contribution in [1.82, 2.24) is 14.5 Å². The number of carbonyl (C=O) groups excluding carboxylic acids is 1. The predicted molar refractivity (Wildman–Crippen MR) is 152 cm³/mol. The summed E-state index contributed by atoms with van der Waals surface area (Å²) >= 11 is 0. The molecule has 3 aromatic rings. The van der Waals surface area contributed by atoms with Crippen LogP contribution < -0.4 is 10.1 Å². The van der Waals surface area contributed by atoms with E-state index in [1.165, 1.54) is 30.3 Å². The Bertz CT molecular complexity index is 1700. The van der Waals surface area contributed by atoms with Crippen LogP contribution in [-0.4, -0.2) is 72.6 Å². The molecule has 0 bridgehead atoms. The third kappa shape index (κ3) is 5.93. The number of benzene rings is 3. The molecule has 1 amide bonds. The minimum atomic E-state index is -4.34. The summed E-state index contributed by atoms with van der Waals surface area (Å²) in [6.07, 6.45) is 0.123. The molecule has 0 saturated carbocycles. The molecule has 3 aromatic carbocycles. The van der Waals surface area contributed by atoms with E-state index in [9.17, 15) is 35.9 Å². The van der Waals surface area contributed by atoms with Gasteiger partial charge in [0.25, 0.3) is 0 Å². The van der Waals surface area contributed by atoms with Crippen molar-refractivity contribution < 1.29 is 40.6 Å². The molecule has 3 aliphatic rings. The monoisotopic (exact) mass is 633 g/mol. The minimum Gasteiger partial charge on any atom is -0.492 e. The lowest BCUT2D eigenvalue weighted by Crippen LogP contribution is -2.59. The van der Waals surface area contributed by atoms with E-state index < -0.39 is 56.9 Å². The second-order valence-corrected chi connectivity index (χ2v) is 13.5. The summed E-state index contributed by atoms with van der Waals surface area (Å²) in [6.45, 7) is 1.14. The molecule has 2 saturated heterocycles. The number of hydrogen-bond donors (Lipinski definition) is 2. The Morgan fingerprint density at radius 3 is 2.43 bits per heavy atom. The number of halogens is 4. The molecule has 13 heteroatoms. The highest BCUT2D eigenvalue weighted by Crippen LogP contribution is 2.38. The number of likely N-dealkylation sites (tertiary alicyclic amines) is 1. The van der Waals surface area contributed by atoms with Crippen LogP contribution in [0.5, 0.6) is 5.75 Å². The normalized spacial score (nSPS) is 23.7. The van der Waals surface area contributed by atoms with E-state index in [0.29, 0.717) is 44.5 Å². The topological polar surface area (TPSA) is 99.2 Å². The number of rotatable bonds is 3. The number of aliphatic hydroxyl groups is 1. The van der Waals surface area contributed by atoms with Gasteiger partial charge in [0.15, 0.2) is 11.6 Å². The number of piperidine rings is 1. The number of ether oxygens (including phenoxy) is 1. The second kappa shape index (κ2) is 11.8. The summed E-state index contributed by atoms with van der Waals surface area (Å²) in [5.74, 6) is -3.99. The Hall–Kier alpha value is -3.52. The standard InChI is InChI=1S/C31H31F4N3O5S/c32-21-3-4-23(25(34)15-21)20-2-6-29-28(14-20)43-12-9-31(36-30(40)27-16-22(39)18-38(27)44(29,41)42)7-10-37(11-8-31)17-19-1-5-24(33)26(35)13-19/h1-6,13-15,22,27,39H,7-12,16-18H2,(H,36,40)/t22-,27+/m1/s1. The van der Waals surface area contributed by atoms with E-state index in [1.54, 1.807) is 0 Å². The van der Waals surface area contributed by atoms with Crippen LogP contribution in [0.3, 0.4) is 0 Å². The molecule has 234 valence electrons. The van der Waals surface area contributed by atoms with Gasteiger partial charge in [-0.15, -0.1) is 0 Å². The van der Waals surface area contributed by atoms with E-state index in [0.717, 1.165) is 28.6 Å². The van der Waals surface area contributed by atoms with Gasteiger partial charge in [0.1, 0.15) is 28.3 Å². The largest absolute Gasteiger partial charge is 0.492 e. The maximum atomic E-state index is 14.6. The zero-order chi connectivity index (χ0) is 31.2. The SMILES string of the molecule is O=C1NC2(CCOc3cc(-c4ccc(F)cc4F)ccc3S(=O)(=O)N3C[C@H](O)C[C@@H]13)CCN(Cc1ccc(F)c(F)c1)CC2. The number of aliphatic hydroxyl groups excluding tert-OH is 1. The molecule has 6 rings (SSSR count). The number of sulfonamides is 1. The van der Waals surface area contributed by atoms with E-state index in [-0.39, 0.29) is 41.3 Å². The zero-order valence-corrected chi connectivity index (χ0v) is 24.4. The summed E-state index contributed by atoms with van der Waals surface area (Å²) in [5, 5.41) is 13.5. The molecule has 0 radical (unpaired) electrons. The third-order valence-electron chi connectivity index (χ3n) is 8.74. The lowest BCUT2D eigenvalue weighted by molar-refractivity contribution is -0.127. The Labute approximate surface area is 252 Å². The fraction of sp³-hybridized carbons (Fsp3) is 0.387. The number of carbonyl (C=O) groups is 1. The van der Waals surface area contributed by atoms with Gasteiger partial charge in [-0.05, 0) is 60.4 Å². The molecule has 2 fully saturated rings. The molecule has 3 aliphatic heterocycles. The summed E-state index contributed by atoms with van der Waals surface area (Å²) in [4.78, 5) is 15.5. The van der Waals surface area contributed by atoms with Crippen molar-refractivity contribution in [3.63, 3.8) is 0 Å². The van der Waals surface area contributed by atoms with Gasteiger partial charge in [-0.2, -0.15) is 4.31 Å². The van der Waals surface area contributed by atoms with Crippen LogP contribution in [-0.2, 0) is 21.4 Å². The quantitative estimate of drug-likeness (QED) is 0.424. The highest BCUT2D eigenvalue weighted by atomic mass is 32.2. The van der Waals surface area contributed by atoms with Gasteiger partial charge in [-0.25, -0.2) is 26.0 Å². The highest BCUT2D eigenvalue weighted by molar-refractivity contribution is 7.89. The Morgan fingerprint density at radius 1 is 0.932 bits per heavy atom. The van der Waals surface area contributed by atoms with Gasteiger partial charge < -0.3 is 15.2 Å². The van der Waals surface area contributed by atoms with Gasteiger partial charge in [0.05, 0.1) is 12.7 Å². The number of fused-ring (bicyclic) bond motifs is 2. The molecule has 0 aliphatic carbocycles. The predicted octanol–water partition coefficient (Wildman–Crippen LogP) is 3.97. The Kier molecular flexibility index (Phi) is 8.16. The van der Waals surface area contributed by atoms with Crippen LogP contribution in [0.2, 0.25) is 0 Å². The Morgan fingerprint density at radius 2 is 1.70 bits per heavy atom. The van der Waals surface area contributed by atoms with Gasteiger partial charge in [-0.3, -0.25) is 9.69 Å². The van der Waals surface area contributed by atoms with Crippen LogP contribution in [0, 0.1) is 23.3 Å². The molecule has 2 atom stereocenters. The molecular weight excluding hydrogens is 602 g/mol. The van der Waals surface area contributed by atoms with Gasteiger partial charge in [0.2, 0.25) is 15.9 Å². The first-order valence-corrected chi connectivity index (χ1v) is 15.8. The second-order valence-electron chi connectivity index (χ2n) is 11.7. The lowest BCUT2D eigenvalue weighted by atomic mass is 9.84. The summed E-state index contributed by atoms with van der Waals surface area (Å²) in [6, 6.07) is 9.74. The number of hydrogen-bond acceptors (Lipinski definition) is 6. The molecule has 3 heterocycles. The molecular formula is C31H31F4N3O5S. The maximum absolute atomic E-state index is 14.6. The first kappa shape index (κ1) is 30.5. The van der Waals surface area contributed by atoms with Crippen molar-refractivity contribution in [2.45, 2.75) is 54.8 Å². The van der Waals surface area contributed by atoms with Crippen molar-refractivity contribution in [2.24, 2.45) is 0 Å². The van der Waals surface area contributed by atoms with Crippen LogP contribution in [0.1, 0.15) is 31.2 Å². The smallest absolute Gasteiger partial charge is 0.247 e. The zero-order valence-electron chi connectivity index (χ0n) is 23.6. The molecule has 0 aromatic heterocycles. The van der Waals surface area contributed by atoms with Crippen molar-refractivity contribution in [3.05, 3.63) is 83.4 Å². The van der Waals surface area contributed by atoms with Gasteiger partial charge in [-0.1, -0.05) is 12.1 Å². The van der Waals surface area contributed by atoms with Crippen LogP contribution in [0.15, 0.2) is 59.5 Å².